The van der Waals surface area contributed by atoms with Gasteiger partial charge in [-0.15, -0.1) is 0 Å². The molecule has 1 heterocycles. The molecule has 5 nitrogen and oxygen atoms in total. The first-order valence-electron chi connectivity index (χ1n) is 7.75. The second kappa shape index (κ2) is 8.48. The van der Waals surface area contributed by atoms with Crippen molar-refractivity contribution in [1.29, 1.82) is 0 Å². The number of aromatic amines is 1. The minimum Gasteiger partial charge on any atom is -0.355 e. The Balaban J connectivity index is 1.54. The van der Waals surface area contributed by atoms with Gasteiger partial charge in [-0.3, -0.25) is 9.59 Å². The molecule has 0 saturated heterocycles. The van der Waals surface area contributed by atoms with Crippen molar-refractivity contribution in [3.05, 3.63) is 68.0 Å². The van der Waals surface area contributed by atoms with Crippen molar-refractivity contribution in [2.45, 2.75) is 11.6 Å². The average Bonchev–Trinajstić information content (AvgIpc) is 2.61. The average molecular weight is 465 g/mol. The van der Waals surface area contributed by atoms with Crippen molar-refractivity contribution in [3.63, 3.8) is 0 Å². The normalized spacial score (nSPS) is 10.8. The first-order chi connectivity index (χ1) is 12.1. The molecular weight excluding hydrogens is 449 g/mol. The van der Waals surface area contributed by atoms with Gasteiger partial charge in [-0.2, -0.15) is 0 Å². The predicted molar refractivity (Wildman–Crippen MR) is 109 cm³/mol. The molecule has 0 atom stereocenters. The van der Waals surface area contributed by atoms with Gasteiger partial charge in [0.1, 0.15) is 0 Å². The molecule has 3 rings (SSSR count). The molecule has 0 aliphatic rings. The third-order valence-corrected chi connectivity index (χ3v) is 5.11. The van der Waals surface area contributed by atoms with Crippen molar-refractivity contribution in [1.82, 2.24) is 15.3 Å². The molecule has 0 fully saturated rings. The number of nitrogens with zero attached hydrogens (tertiary/aromatic N) is 1. The summed E-state index contributed by atoms with van der Waals surface area (Å²) in [6, 6.07) is 15.5. The van der Waals surface area contributed by atoms with Crippen LogP contribution in [0.2, 0.25) is 0 Å². The number of amides is 1. The Labute approximate surface area is 162 Å². The van der Waals surface area contributed by atoms with Gasteiger partial charge in [0.2, 0.25) is 5.91 Å². The lowest BCUT2D eigenvalue weighted by Crippen LogP contribution is -2.27. The van der Waals surface area contributed by atoms with Crippen molar-refractivity contribution in [2.75, 3.05) is 12.3 Å². The maximum atomic E-state index is 12.1. The fraction of sp³-hybridized carbons (Fsp3) is 0.167. The molecule has 2 aromatic carbocycles. The Bertz CT molecular complexity index is 944. The summed E-state index contributed by atoms with van der Waals surface area (Å²) in [6.45, 7) is 0.587. The number of nitrogens with one attached hydrogen (secondary N) is 2. The molecule has 7 heteroatoms. The Hall–Kier alpha value is -1.87. The summed E-state index contributed by atoms with van der Waals surface area (Å²) in [5.41, 5.74) is 1.64. The van der Waals surface area contributed by atoms with E-state index in [1.165, 1.54) is 17.3 Å². The molecule has 0 aliphatic carbocycles. The van der Waals surface area contributed by atoms with Crippen LogP contribution in [0.5, 0.6) is 0 Å². The van der Waals surface area contributed by atoms with Crippen LogP contribution in [0.15, 0.2) is 58.5 Å². The van der Waals surface area contributed by atoms with E-state index < -0.39 is 0 Å². The largest absolute Gasteiger partial charge is 0.355 e. The highest BCUT2D eigenvalue weighted by Gasteiger charge is 2.08. The highest BCUT2D eigenvalue weighted by molar-refractivity contribution is 14.1. The molecule has 0 bridgehead atoms. The number of fused-ring (bicyclic) bond motifs is 1. The molecule has 0 saturated carbocycles. The highest BCUT2D eigenvalue weighted by atomic mass is 127. The van der Waals surface area contributed by atoms with Gasteiger partial charge in [0, 0.05) is 10.1 Å². The fourth-order valence-electron chi connectivity index (χ4n) is 2.33. The van der Waals surface area contributed by atoms with E-state index in [0.29, 0.717) is 22.6 Å². The molecule has 0 aliphatic heterocycles. The molecule has 0 spiro atoms. The molecule has 128 valence electrons. The number of carbonyl (C=O) groups is 1. The zero-order valence-electron chi connectivity index (χ0n) is 13.3. The first kappa shape index (κ1) is 17.9. The monoisotopic (exact) mass is 465 g/mol. The maximum absolute atomic E-state index is 12.1. The Morgan fingerprint density at radius 1 is 1.20 bits per heavy atom. The van der Waals surface area contributed by atoms with E-state index in [2.05, 4.69) is 37.9 Å². The summed E-state index contributed by atoms with van der Waals surface area (Å²) < 4.78 is 0.982. The topological polar surface area (TPSA) is 74.8 Å². The summed E-state index contributed by atoms with van der Waals surface area (Å²) >= 11 is 3.38. The minimum atomic E-state index is -0.185. The summed E-state index contributed by atoms with van der Waals surface area (Å²) in [4.78, 5) is 31.2. The molecule has 3 aromatic rings. The van der Waals surface area contributed by atoms with Crippen LogP contribution < -0.4 is 10.9 Å². The molecule has 1 aromatic heterocycles. The summed E-state index contributed by atoms with van der Waals surface area (Å²) in [7, 11) is 0. The van der Waals surface area contributed by atoms with E-state index in [4.69, 9.17) is 0 Å². The number of thioether (sulfide) groups is 1. The summed E-state index contributed by atoms with van der Waals surface area (Å²) in [5.74, 6) is 0.138. The van der Waals surface area contributed by atoms with Crippen molar-refractivity contribution < 1.29 is 4.79 Å². The van der Waals surface area contributed by atoms with Crippen LogP contribution in [0, 0.1) is 3.57 Å². The van der Waals surface area contributed by atoms with Crippen molar-refractivity contribution in [2.24, 2.45) is 0 Å². The SMILES string of the molecule is O=C(CSc1nc2ccc(I)cc2c(=O)[nH]1)NCCc1ccccc1. The predicted octanol–water partition coefficient (Wildman–Crippen LogP) is 2.98. The van der Waals surface area contributed by atoms with Crippen molar-refractivity contribution >= 4 is 51.2 Å². The third kappa shape index (κ3) is 5.05. The quantitative estimate of drug-likeness (QED) is 0.334. The van der Waals surface area contributed by atoms with E-state index in [0.717, 1.165) is 9.99 Å². The van der Waals surface area contributed by atoms with Crippen molar-refractivity contribution in [3.8, 4) is 0 Å². The lowest BCUT2D eigenvalue weighted by Gasteiger charge is -2.06. The second-order valence-electron chi connectivity index (χ2n) is 5.41. The molecule has 2 N–H and O–H groups in total. The number of hydrogen-bond donors (Lipinski definition) is 2. The Kier molecular flexibility index (Phi) is 6.09. The minimum absolute atomic E-state index is 0.0775. The number of H-pyrrole nitrogens is 1. The van der Waals surface area contributed by atoms with E-state index in [1.807, 2.05) is 42.5 Å². The number of benzene rings is 2. The van der Waals surface area contributed by atoms with Crippen LogP contribution in [-0.4, -0.2) is 28.2 Å². The number of aromatic nitrogens is 2. The van der Waals surface area contributed by atoms with Gasteiger partial charge in [0.25, 0.3) is 5.56 Å². The van der Waals surface area contributed by atoms with E-state index >= 15 is 0 Å². The van der Waals surface area contributed by atoms with Gasteiger partial charge in [0.05, 0.1) is 16.7 Å². The fourth-order valence-corrected chi connectivity index (χ4v) is 3.52. The van der Waals surface area contributed by atoms with Gasteiger partial charge in [0.15, 0.2) is 5.16 Å². The smallest absolute Gasteiger partial charge is 0.259 e. The molecule has 1 amide bonds. The number of carbonyl (C=O) groups excluding carboxylic acids is 1. The number of rotatable bonds is 6. The number of halogens is 1. The first-order valence-corrected chi connectivity index (χ1v) is 9.81. The third-order valence-electron chi connectivity index (χ3n) is 3.56. The zero-order valence-corrected chi connectivity index (χ0v) is 16.3. The number of hydrogen-bond acceptors (Lipinski definition) is 4. The van der Waals surface area contributed by atoms with Gasteiger partial charge in [-0.25, -0.2) is 4.98 Å². The van der Waals surface area contributed by atoms with Crippen LogP contribution in [0.4, 0.5) is 0 Å². The molecular formula is C18H16IN3O2S. The second-order valence-corrected chi connectivity index (χ2v) is 7.62. The molecule has 0 radical (unpaired) electrons. The van der Waals surface area contributed by atoms with E-state index in [1.54, 1.807) is 6.07 Å². The van der Waals surface area contributed by atoms with Crippen LogP contribution in [0.1, 0.15) is 5.56 Å². The van der Waals surface area contributed by atoms with Crippen LogP contribution in [0.3, 0.4) is 0 Å². The Morgan fingerprint density at radius 2 is 2.00 bits per heavy atom. The van der Waals surface area contributed by atoms with Gasteiger partial charge in [-0.1, -0.05) is 42.1 Å². The lowest BCUT2D eigenvalue weighted by atomic mass is 10.1. The summed E-state index contributed by atoms with van der Waals surface area (Å²) in [6.07, 6.45) is 0.793. The molecule has 25 heavy (non-hydrogen) atoms. The van der Waals surface area contributed by atoms with Gasteiger partial charge < -0.3 is 10.3 Å². The molecule has 0 unspecified atom stereocenters. The van der Waals surface area contributed by atoms with Gasteiger partial charge in [-0.05, 0) is 52.8 Å². The summed E-state index contributed by atoms with van der Waals surface area (Å²) in [5, 5.41) is 3.89. The van der Waals surface area contributed by atoms with E-state index in [9.17, 15) is 9.59 Å². The van der Waals surface area contributed by atoms with Gasteiger partial charge >= 0.3 is 0 Å². The van der Waals surface area contributed by atoms with Crippen LogP contribution >= 0.6 is 34.4 Å². The maximum Gasteiger partial charge on any atom is 0.259 e. The van der Waals surface area contributed by atoms with Crippen LogP contribution in [-0.2, 0) is 11.2 Å². The lowest BCUT2D eigenvalue weighted by molar-refractivity contribution is -0.118. The standard InChI is InChI=1S/C18H16IN3O2S/c19-13-6-7-15-14(10-13)17(24)22-18(21-15)25-11-16(23)20-9-8-12-4-2-1-3-5-12/h1-7,10H,8-9,11H2,(H,20,23)(H,21,22,24). The Morgan fingerprint density at radius 3 is 2.80 bits per heavy atom. The zero-order chi connectivity index (χ0) is 17.6. The van der Waals surface area contributed by atoms with E-state index in [-0.39, 0.29) is 17.2 Å². The highest BCUT2D eigenvalue weighted by Crippen LogP contribution is 2.16. The van der Waals surface area contributed by atoms with Crippen LogP contribution in [0.25, 0.3) is 10.9 Å².